The Labute approximate surface area is 208 Å². The van der Waals surface area contributed by atoms with Gasteiger partial charge in [-0.3, -0.25) is 14.4 Å². The van der Waals surface area contributed by atoms with Gasteiger partial charge in [-0.25, -0.2) is 4.68 Å². The molecule has 3 aliphatic heterocycles. The SMILES string of the molecule is CNC(=O)[C@@H]1[C@H]2C(=O)N(CCCCCCO)C(C(=O)NCn3nnc4ccccc43)C23CC[C@H]1S3. The third-order valence-electron chi connectivity index (χ3n) is 7.73. The summed E-state index contributed by atoms with van der Waals surface area (Å²) in [4.78, 5) is 42.0. The molecular weight excluding hydrogens is 468 g/mol. The molecule has 1 aromatic carbocycles. The number of thioether (sulfide) groups is 1. The van der Waals surface area contributed by atoms with Gasteiger partial charge < -0.3 is 20.6 Å². The predicted octanol–water partition coefficient (Wildman–Crippen LogP) is 0.895. The molecule has 3 aliphatic rings. The van der Waals surface area contributed by atoms with Crippen molar-refractivity contribution < 1.29 is 19.5 Å². The highest BCUT2D eigenvalue weighted by Crippen LogP contribution is 2.66. The summed E-state index contributed by atoms with van der Waals surface area (Å²) in [6, 6.07) is 6.92. The predicted molar refractivity (Wildman–Crippen MR) is 131 cm³/mol. The summed E-state index contributed by atoms with van der Waals surface area (Å²) in [7, 11) is 1.61. The lowest BCUT2D eigenvalue weighted by Crippen LogP contribution is -2.54. The van der Waals surface area contributed by atoms with Gasteiger partial charge in [-0.1, -0.05) is 30.2 Å². The van der Waals surface area contributed by atoms with Crippen LogP contribution in [-0.4, -0.2) is 79.0 Å². The summed E-state index contributed by atoms with van der Waals surface area (Å²) in [5.74, 6) is -1.28. The molecule has 5 rings (SSSR count). The Morgan fingerprint density at radius 3 is 2.80 bits per heavy atom. The molecule has 3 saturated heterocycles. The number of likely N-dealkylation sites (tertiary alicyclic amines) is 1. The number of carbonyl (C=O) groups is 3. The monoisotopic (exact) mass is 500 g/mol. The maximum absolute atomic E-state index is 13.7. The first-order valence-electron chi connectivity index (χ1n) is 12.4. The van der Waals surface area contributed by atoms with Crippen LogP contribution in [0.5, 0.6) is 0 Å². The second kappa shape index (κ2) is 9.77. The van der Waals surface area contributed by atoms with Gasteiger partial charge >= 0.3 is 0 Å². The van der Waals surface area contributed by atoms with Gasteiger partial charge in [0.2, 0.25) is 17.7 Å². The van der Waals surface area contributed by atoms with E-state index >= 15 is 0 Å². The van der Waals surface area contributed by atoms with E-state index in [2.05, 4.69) is 20.9 Å². The van der Waals surface area contributed by atoms with Crippen molar-refractivity contribution in [3.05, 3.63) is 24.3 Å². The number of benzene rings is 1. The molecule has 3 amide bonds. The highest BCUT2D eigenvalue weighted by molar-refractivity contribution is 8.02. The van der Waals surface area contributed by atoms with E-state index < -0.39 is 22.6 Å². The number of hydrogen-bond acceptors (Lipinski definition) is 7. The zero-order valence-electron chi connectivity index (χ0n) is 19.9. The summed E-state index contributed by atoms with van der Waals surface area (Å²) in [5.41, 5.74) is 1.57. The molecule has 1 spiro atoms. The Morgan fingerprint density at radius 1 is 1.20 bits per heavy atom. The lowest BCUT2D eigenvalue weighted by Gasteiger charge is -2.34. The second-order valence-corrected chi connectivity index (χ2v) is 11.2. The number of nitrogens with zero attached hydrogens (tertiary/aromatic N) is 4. The van der Waals surface area contributed by atoms with Gasteiger partial charge in [0, 0.05) is 25.4 Å². The van der Waals surface area contributed by atoms with E-state index in [1.165, 1.54) is 0 Å². The van der Waals surface area contributed by atoms with E-state index in [-0.39, 0.29) is 36.2 Å². The first-order chi connectivity index (χ1) is 17.0. The second-order valence-electron chi connectivity index (χ2n) is 9.62. The molecule has 2 bridgehead atoms. The van der Waals surface area contributed by atoms with Gasteiger partial charge in [0.25, 0.3) is 0 Å². The number of aliphatic hydroxyl groups is 1. The van der Waals surface area contributed by atoms with Crippen LogP contribution >= 0.6 is 11.8 Å². The fourth-order valence-corrected chi connectivity index (χ4v) is 8.41. The van der Waals surface area contributed by atoms with Gasteiger partial charge in [0.05, 0.1) is 22.1 Å². The summed E-state index contributed by atoms with van der Waals surface area (Å²) < 4.78 is 1.06. The standard InChI is InChI=1S/C24H32N6O4S/c1-25-21(32)18-17-10-11-24(35-17)19(18)23(34)29(12-6-2-3-7-13-31)20(24)22(33)26-14-30-16-9-5-4-8-15(16)27-28-30/h4-5,8-9,17-20,31H,2-3,6-7,10-14H2,1H3,(H,25,32)(H,26,33)/t17-,18+,19+,20?,24?/m1/s1. The topological polar surface area (TPSA) is 129 Å². The molecule has 0 radical (unpaired) electrons. The number of nitrogens with one attached hydrogen (secondary N) is 2. The number of rotatable bonds is 10. The van der Waals surface area contributed by atoms with Crippen molar-refractivity contribution in [3.8, 4) is 0 Å². The normalized spacial score (nSPS) is 29.1. The molecule has 0 aliphatic carbocycles. The molecule has 0 saturated carbocycles. The van der Waals surface area contributed by atoms with E-state index in [4.69, 9.17) is 5.11 Å². The number of fused-ring (bicyclic) bond motifs is 2. The number of amides is 3. The van der Waals surface area contributed by atoms with Crippen LogP contribution in [0.25, 0.3) is 11.0 Å². The van der Waals surface area contributed by atoms with Crippen molar-refractivity contribution in [2.45, 2.75) is 61.2 Å². The van der Waals surface area contributed by atoms with E-state index in [1.54, 1.807) is 28.4 Å². The molecule has 11 heteroatoms. The number of para-hydroxylation sites is 1. The van der Waals surface area contributed by atoms with Crippen LogP contribution in [-0.2, 0) is 21.1 Å². The molecule has 2 unspecified atom stereocenters. The summed E-state index contributed by atoms with van der Waals surface area (Å²) in [6.45, 7) is 0.780. The molecule has 3 N–H and O–H groups in total. The average molecular weight is 501 g/mol. The maximum atomic E-state index is 13.7. The van der Waals surface area contributed by atoms with E-state index in [9.17, 15) is 14.4 Å². The molecule has 5 atom stereocenters. The van der Waals surface area contributed by atoms with Crippen LogP contribution in [0.3, 0.4) is 0 Å². The number of carbonyl (C=O) groups excluding carboxylic acids is 3. The Kier molecular flexibility index (Phi) is 6.71. The van der Waals surface area contributed by atoms with Crippen molar-refractivity contribution in [1.29, 1.82) is 0 Å². The quantitative estimate of drug-likeness (QED) is 0.413. The minimum absolute atomic E-state index is 0.0603. The Balaban J connectivity index is 1.38. The lowest BCUT2D eigenvalue weighted by molar-refractivity contribution is -0.140. The first-order valence-corrected chi connectivity index (χ1v) is 13.3. The summed E-state index contributed by atoms with van der Waals surface area (Å²) in [5, 5.41) is 23.2. The molecule has 35 heavy (non-hydrogen) atoms. The van der Waals surface area contributed by atoms with Crippen LogP contribution in [0.1, 0.15) is 38.5 Å². The minimum atomic E-state index is -0.628. The van der Waals surface area contributed by atoms with Gasteiger partial charge in [0.15, 0.2) is 0 Å². The zero-order chi connectivity index (χ0) is 24.6. The first kappa shape index (κ1) is 24.1. The maximum Gasteiger partial charge on any atom is 0.245 e. The molecule has 3 fully saturated rings. The number of aromatic nitrogens is 3. The van der Waals surface area contributed by atoms with E-state index in [1.807, 2.05) is 24.3 Å². The molecule has 1 aromatic heterocycles. The van der Waals surface area contributed by atoms with Crippen molar-refractivity contribution in [1.82, 2.24) is 30.5 Å². The number of hydrogen-bond donors (Lipinski definition) is 3. The fourth-order valence-electron chi connectivity index (χ4n) is 6.19. The van der Waals surface area contributed by atoms with Crippen LogP contribution in [0, 0.1) is 11.8 Å². The van der Waals surface area contributed by atoms with Gasteiger partial charge in [0.1, 0.15) is 18.2 Å². The summed E-state index contributed by atoms with van der Waals surface area (Å²) in [6.07, 6.45) is 4.81. The van der Waals surface area contributed by atoms with Crippen molar-refractivity contribution >= 4 is 40.5 Å². The molecule has 10 nitrogen and oxygen atoms in total. The third-order valence-corrected chi connectivity index (χ3v) is 9.68. The van der Waals surface area contributed by atoms with Crippen LogP contribution in [0.4, 0.5) is 0 Å². The minimum Gasteiger partial charge on any atom is -0.396 e. The molecule has 4 heterocycles. The Hall–Kier alpha value is -2.66. The number of unbranched alkanes of at least 4 members (excludes halogenated alkanes) is 3. The van der Waals surface area contributed by atoms with Crippen LogP contribution < -0.4 is 10.6 Å². The highest BCUT2D eigenvalue weighted by atomic mass is 32.2. The van der Waals surface area contributed by atoms with Crippen LogP contribution in [0.15, 0.2) is 24.3 Å². The largest absolute Gasteiger partial charge is 0.396 e. The Bertz CT molecular complexity index is 1120. The molecule has 188 valence electrons. The van der Waals surface area contributed by atoms with Gasteiger partial charge in [-0.05, 0) is 37.8 Å². The highest BCUT2D eigenvalue weighted by Gasteiger charge is 2.73. The molecule has 2 aromatic rings. The smallest absolute Gasteiger partial charge is 0.245 e. The fraction of sp³-hybridized carbons (Fsp3) is 0.625. The number of aliphatic hydroxyl groups excluding tert-OH is 1. The van der Waals surface area contributed by atoms with E-state index in [0.29, 0.717) is 6.54 Å². The van der Waals surface area contributed by atoms with Gasteiger partial charge in [-0.15, -0.1) is 16.9 Å². The summed E-state index contributed by atoms with van der Waals surface area (Å²) >= 11 is 1.67. The van der Waals surface area contributed by atoms with Crippen molar-refractivity contribution in [3.63, 3.8) is 0 Å². The van der Waals surface area contributed by atoms with Crippen molar-refractivity contribution in [2.24, 2.45) is 11.8 Å². The molecular formula is C24H32N6O4S. The van der Waals surface area contributed by atoms with Gasteiger partial charge in [-0.2, -0.15) is 0 Å². The third kappa shape index (κ3) is 3.98. The van der Waals surface area contributed by atoms with Crippen molar-refractivity contribution in [2.75, 3.05) is 20.2 Å². The average Bonchev–Trinajstić information content (AvgIpc) is 3.61. The zero-order valence-corrected chi connectivity index (χ0v) is 20.7. The van der Waals surface area contributed by atoms with Crippen LogP contribution in [0.2, 0.25) is 0 Å². The Morgan fingerprint density at radius 2 is 2.00 bits per heavy atom. The van der Waals surface area contributed by atoms with E-state index in [0.717, 1.165) is 49.6 Å². The lowest BCUT2D eigenvalue weighted by atomic mass is 9.71.